The number of nitrogens with zero attached hydrogens (tertiary/aromatic N) is 2. The highest BCUT2D eigenvalue weighted by Crippen LogP contribution is 2.13. The molecule has 144 valence electrons. The molecule has 0 unspecified atom stereocenters. The van der Waals surface area contributed by atoms with Crippen molar-refractivity contribution in [1.29, 1.82) is 0 Å². The number of fused-ring (bicyclic) bond motifs is 1. The lowest BCUT2D eigenvalue weighted by Gasteiger charge is -2.16. The van der Waals surface area contributed by atoms with Crippen molar-refractivity contribution in [3.63, 3.8) is 0 Å². The number of hydrogen-bond donors (Lipinski definition) is 1. The molecule has 1 heterocycles. The maximum Gasteiger partial charge on any atom is 0.317 e. The highest BCUT2D eigenvalue weighted by Gasteiger charge is 2.14. The van der Waals surface area contributed by atoms with Gasteiger partial charge in [-0.1, -0.05) is 48.5 Å². The number of benzene rings is 2. The van der Waals surface area contributed by atoms with Gasteiger partial charge < -0.3 is 9.88 Å². The molecule has 0 aliphatic heterocycles. The minimum atomic E-state index is -0.635. The third-order valence-electron chi connectivity index (χ3n) is 4.69. The number of carbonyl (C=O) groups is 1. The molecule has 6 nitrogen and oxygen atoms in total. The second kappa shape index (κ2) is 8.52. The molecule has 2 aromatic carbocycles. The maximum atomic E-state index is 12.6. The molecule has 0 saturated carbocycles. The normalized spacial score (nSPS) is 11.9. The molecule has 1 N–H and O–H groups in total. The number of amides is 1. The summed E-state index contributed by atoms with van der Waals surface area (Å²) < 4.78 is 2.78. The van der Waals surface area contributed by atoms with Crippen LogP contribution in [0.25, 0.3) is 11.0 Å². The fourth-order valence-corrected chi connectivity index (χ4v) is 3.25. The number of carbonyl (C=O) groups excluding carboxylic acids is 1. The van der Waals surface area contributed by atoms with Crippen molar-refractivity contribution in [2.75, 3.05) is 0 Å². The topological polar surface area (TPSA) is 73.1 Å². The van der Waals surface area contributed by atoms with Crippen molar-refractivity contribution in [3.05, 3.63) is 93.5 Å². The summed E-state index contributed by atoms with van der Waals surface area (Å²) in [6.07, 6.45) is 1.68. The predicted molar refractivity (Wildman–Crippen MR) is 110 cm³/mol. The van der Waals surface area contributed by atoms with Gasteiger partial charge in [0.2, 0.25) is 5.91 Å². The number of allylic oxidation sites excluding steroid dienone is 1. The highest BCUT2D eigenvalue weighted by atomic mass is 16.2. The van der Waals surface area contributed by atoms with Crippen molar-refractivity contribution in [1.82, 2.24) is 14.5 Å². The SMILES string of the molecule is C=CCn1c(=O)c(=O)n(CCC(=O)N[C@H](C)c2ccccc2)c2ccccc21. The second-order valence-corrected chi connectivity index (χ2v) is 6.60. The number of aryl methyl sites for hydroxylation is 1. The van der Waals surface area contributed by atoms with E-state index in [0.717, 1.165) is 5.56 Å². The second-order valence-electron chi connectivity index (χ2n) is 6.60. The molecule has 28 heavy (non-hydrogen) atoms. The van der Waals surface area contributed by atoms with E-state index in [4.69, 9.17) is 0 Å². The van der Waals surface area contributed by atoms with Crippen LogP contribution < -0.4 is 16.4 Å². The minimum absolute atomic E-state index is 0.103. The van der Waals surface area contributed by atoms with Crippen molar-refractivity contribution in [3.8, 4) is 0 Å². The standard InChI is InChI=1S/C22H23N3O3/c1-3-14-24-18-11-7-8-12-19(18)25(22(28)21(24)27)15-13-20(26)23-16(2)17-9-5-4-6-10-17/h3-12,16H,1,13-15H2,2H3,(H,23,26)/t16-/m1/s1. The molecule has 0 aliphatic rings. The predicted octanol–water partition coefficient (Wildman–Crippen LogP) is 2.62. The number of aromatic nitrogens is 2. The summed E-state index contributed by atoms with van der Waals surface area (Å²) in [4.78, 5) is 37.5. The van der Waals surface area contributed by atoms with Crippen LogP contribution in [0.15, 0.2) is 76.8 Å². The summed E-state index contributed by atoms with van der Waals surface area (Å²) in [6.45, 7) is 5.94. The van der Waals surface area contributed by atoms with E-state index < -0.39 is 11.1 Å². The molecular formula is C22H23N3O3. The number of para-hydroxylation sites is 2. The van der Waals surface area contributed by atoms with Crippen LogP contribution in [0.4, 0.5) is 0 Å². The highest BCUT2D eigenvalue weighted by molar-refractivity contribution is 5.77. The summed E-state index contributed by atoms with van der Waals surface area (Å²) in [6, 6.07) is 16.7. The van der Waals surface area contributed by atoms with Gasteiger partial charge in [-0.3, -0.25) is 19.0 Å². The summed E-state index contributed by atoms with van der Waals surface area (Å²) in [5.74, 6) is -0.178. The van der Waals surface area contributed by atoms with E-state index in [1.807, 2.05) is 43.3 Å². The Hall–Kier alpha value is -3.41. The molecule has 0 aliphatic carbocycles. The Kier molecular flexibility index (Phi) is 5.89. The number of rotatable bonds is 7. The van der Waals surface area contributed by atoms with Crippen LogP contribution in [0.5, 0.6) is 0 Å². The molecule has 3 rings (SSSR count). The van der Waals surface area contributed by atoms with Crippen LogP contribution in [0, 0.1) is 0 Å². The largest absolute Gasteiger partial charge is 0.350 e. The van der Waals surface area contributed by atoms with E-state index in [1.165, 1.54) is 9.13 Å². The fraction of sp³-hybridized carbons (Fsp3) is 0.227. The van der Waals surface area contributed by atoms with Crippen LogP contribution in [-0.2, 0) is 17.9 Å². The van der Waals surface area contributed by atoms with Crippen LogP contribution in [0.1, 0.15) is 24.9 Å². The van der Waals surface area contributed by atoms with Gasteiger partial charge in [-0.25, -0.2) is 0 Å². The van der Waals surface area contributed by atoms with Crippen LogP contribution in [-0.4, -0.2) is 15.0 Å². The molecule has 1 amide bonds. The number of hydrogen-bond acceptors (Lipinski definition) is 3. The van der Waals surface area contributed by atoms with Gasteiger partial charge in [0, 0.05) is 19.5 Å². The van der Waals surface area contributed by atoms with E-state index >= 15 is 0 Å². The Balaban J connectivity index is 1.83. The fourth-order valence-electron chi connectivity index (χ4n) is 3.25. The van der Waals surface area contributed by atoms with Gasteiger partial charge in [0.1, 0.15) is 0 Å². The minimum Gasteiger partial charge on any atom is -0.350 e. The summed E-state index contributed by atoms with van der Waals surface area (Å²) in [5, 5.41) is 2.93. The first-order chi connectivity index (χ1) is 13.5. The Morgan fingerprint density at radius 1 is 1.00 bits per heavy atom. The third kappa shape index (κ3) is 3.96. The van der Waals surface area contributed by atoms with E-state index in [1.54, 1.807) is 24.3 Å². The van der Waals surface area contributed by atoms with E-state index in [0.29, 0.717) is 11.0 Å². The smallest absolute Gasteiger partial charge is 0.317 e. The molecule has 0 saturated heterocycles. The molecule has 6 heteroatoms. The Morgan fingerprint density at radius 3 is 2.21 bits per heavy atom. The zero-order valence-corrected chi connectivity index (χ0v) is 15.8. The van der Waals surface area contributed by atoms with Gasteiger partial charge in [-0.15, -0.1) is 6.58 Å². The first-order valence-corrected chi connectivity index (χ1v) is 9.20. The lowest BCUT2D eigenvalue weighted by Crippen LogP contribution is -2.42. The van der Waals surface area contributed by atoms with Crippen LogP contribution in [0.3, 0.4) is 0 Å². The van der Waals surface area contributed by atoms with Crippen molar-refractivity contribution in [2.24, 2.45) is 0 Å². The van der Waals surface area contributed by atoms with E-state index in [2.05, 4.69) is 11.9 Å². The number of nitrogens with one attached hydrogen (secondary N) is 1. The Morgan fingerprint density at radius 2 is 1.57 bits per heavy atom. The zero-order valence-electron chi connectivity index (χ0n) is 15.8. The van der Waals surface area contributed by atoms with Crippen LogP contribution in [0.2, 0.25) is 0 Å². The van der Waals surface area contributed by atoms with Gasteiger partial charge in [-0.2, -0.15) is 0 Å². The monoisotopic (exact) mass is 377 g/mol. The third-order valence-corrected chi connectivity index (χ3v) is 4.69. The van der Waals surface area contributed by atoms with Crippen molar-refractivity contribution >= 4 is 16.9 Å². The van der Waals surface area contributed by atoms with Gasteiger partial charge >= 0.3 is 11.1 Å². The lowest BCUT2D eigenvalue weighted by atomic mass is 10.1. The van der Waals surface area contributed by atoms with E-state index in [-0.39, 0.29) is 31.5 Å². The zero-order chi connectivity index (χ0) is 20.1. The van der Waals surface area contributed by atoms with Gasteiger partial charge in [0.05, 0.1) is 17.1 Å². The summed E-state index contributed by atoms with van der Waals surface area (Å²) >= 11 is 0. The Labute approximate surface area is 162 Å². The molecular weight excluding hydrogens is 354 g/mol. The first kappa shape index (κ1) is 19.4. The molecule has 1 atom stereocenters. The van der Waals surface area contributed by atoms with Crippen LogP contribution >= 0.6 is 0 Å². The average Bonchev–Trinajstić information content (AvgIpc) is 2.72. The van der Waals surface area contributed by atoms with Crippen molar-refractivity contribution in [2.45, 2.75) is 32.5 Å². The first-order valence-electron chi connectivity index (χ1n) is 9.20. The molecule has 0 radical (unpaired) electrons. The molecule has 3 aromatic rings. The Bertz CT molecular complexity index is 1110. The summed E-state index contributed by atoms with van der Waals surface area (Å²) in [5.41, 5.74) is 1.02. The van der Waals surface area contributed by atoms with Gasteiger partial charge in [-0.05, 0) is 24.6 Å². The molecule has 0 fully saturated rings. The summed E-state index contributed by atoms with van der Waals surface area (Å²) in [7, 11) is 0. The lowest BCUT2D eigenvalue weighted by molar-refractivity contribution is -0.121. The average molecular weight is 377 g/mol. The maximum absolute atomic E-state index is 12.6. The molecule has 0 spiro atoms. The van der Waals surface area contributed by atoms with Crippen molar-refractivity contribution < 1.29 is 4.79 Å². The molecule has 1 aromatic heterocycles. The quantitative estimate of drug-likeness (QED) is 0.508. The van der Waals surface area contributed by atoms with Gasteiger partial charge in [0.15, 0.2) is 0 Å². The van der Waals surface area contributed by atoms with Gasteiger partial charge in [0.25, 0.3) is 0 Å². The van der Waals surface area contributed by atoms with E-state index in [9.17, 15) is 14.4 Å². The molecule has 0 bridgehead atoms.